The topological polar surface area (TPSA) is 64.0 Å². The van der Waals surface area contributed by atoms with Crippen LogP contribution in [0.15, 0.2) is 59.4 Å². The van der Waals surface area contributed by atoms with E-state index < -0.39 is 0 Å². The number of amides is 1. The summed E-state index contributed by atoms with van der Waals surface area (Å²) in [6.07, 6.45) is 0. The van der Waals surface area contributed by atoms with Gasteiger partial charge in [0.15, 0.2) is 5.69 Å². The third-order valence-corrected chi connectivity index (χ3v) is 3.92. The molecule has 0 radical (unpaired) electrons. The van der Waals surface area contributed by atoms with E-state index in [2.05, 4.69) is 10.4 Å². The van der Waals surface area contributed by atoms with Crippen molar-refractivity contribution in [3.05, 3.63) is 76.2 Å². The molecule has 0 unspecified atom stereocenters. The number of carbonyl (C=O) groups excluding carboxylic acids is 1. The van der Waals surface area contributed by atoms with E-state index in [1.165, 1.54) is 4.68 Å². The van der Waals surface area contributed by atoms with Crippen LogP contribution in [0.2, 0.25) is 0 Å². The molecule has 0 saturated heterocycles. The number of hydrogen-bond acceptors (Lipinski definition) is 3. The Bertz CT molecular complexity index is 946. The third kappa shape index (κ3) is 3.76. The molecule has 0 bridgehead atoms. The molecule has 5 heteroatoms. The SMILES string of the molecule is CC(C)Cn1nc(C(=O)NCc2ccccc2)c2ccccc2c1=O. The molecule has 3 aromatic rings. The molecule has 1 heterocycles. The van der Waals surface area contributed by atoms with Crippen LogP contribution in [0.1, 0.15) is 29.9 Å². The minimum atomic E-state index is -0.280. The van der Waals surface area contributed by atoms with Crippen LogP contribution in [0.4, 0.5) is 0 Å². The lowest BCUT2D eigenvalue weighted by molar-refractivity contribution is 0.0945. The Morgan fingerprint density at radius 2 is 1.68 bits per heavy atom. The molecule has 2 aromatic carbocycles. The zero-order chi connectivity index (χ0) is 17.8. The second kappa shape index (κ2) is 7.30. The van der Waals surface area contributed by atoms with Crippen LogP contribution in [0.3, 0.4) is 0 Å². The summed E-state index contributed by atoms with van der Waals surface area (Å²) in [7, 11) is 0. The van der Waals surface area contributed by atoms with Gasteiger partial charge >= 0.3 is 0 Å². The van der Waals surface area contributed by atoms with Crippen LogP contribution in [0, 0.1) is 5.92 Å². The number of hydrogen-bond donors (Lipinski definition) is 1. The maximum Gasteiger partial charge on any atom is 0.274 e. The normalized spacial score (nSPS) is 11.0. The van der Waals surface area contributed by atoms with E-state index in [0.717, 1.165) is 5.56 Å². The van der Waals surface area contributed by atoms with Crippen molar-refractivity contribution in [2.75, 3.05) is 0 Å². The number of nitrogens with one attached hydrogen (secondary N) is 1. The molecule has 3 rings (SSSR count). The summed E-state index contributed by atoms with van der Waals surface area (Å²) < 4.78 is 1.39. The Hall–Kier alpha value is -2.95. The summed E-state index contributed by atoms with van der Waals surface area (Å²) in [5.41, 5.74) is 1.13. The molecule has 25 heavy (non-hydrogen) atoms. The average molecular weight is 335 g/mol. The first-order valence-corrected chi connectivity index (χ1v) is 8.38. The van der Waals surface area contributed by atoms with E-state index >= 15 is 0 Å². The fourth-order valence-electron chi connectivity index (χ4n) is 2.73. The Labute approximate surface area is 146 Å². The number of rotatable bonds is 5. The minimum absolute atomic E-state index is 0.163. The maximum absolute atomic E-state index is 12.7. The molecule has 0 aliphatic heterocycles. The van der Waals surface area contributed by atoms with Gasteiger partial charge in [-0.1, -0.05) is 62.4 Å². The van der Waals surface area contributed by atoms with Gasteiger partial charge in [0.1, 0.15) is 0 Å². The third-order valence-electron chi connectivity index (χ3n) is 3.92. The van der Waals surface area contributed by atoms with Gasteiger partial charge in [-0.2, -0.15) is 5.10 Å². The first-order chi connectivity index (χ1) is 12.1. The van der Waals surface area contributed by atoms with E-state index in [0.29, 0.717) is 23.9 Å². The summed E-state index contributed by atoms with van der Waals surface area (Å²) in [6.45, 7) is 4.92. The Kier molecular flexibility index (Phi) is 4.93. The fraction of sp³-hybridized carbons (Fsp3) is 0.250. The second-order valence-electron chi connectivity index (χ2n) is 6.44. The van der Waals surface area contributed by atoms with Gasteiger partial charge < -0.3 is 5.32 Å². The summed E-state index contributed by atoms with van der Waals surface area (Å²) >= 11 is 0. The average Bonchev–Trinajstić information content (AvgIpc) is 2.62. The first-order valence-electron chi connectivity index (χ1n) is 8.38. The standard InChI is InChI=1S/C20H21N3O2/c1-14(2)13-23-20(25)17-11-7-6-10-16(17)18(22-23)19(24)21-12-15-8-4-3-5-9-15/h3-11,14H,12-13H2,1-2H3,(H,21,24). The molecule has 0 spiro atoms. The molecule has 128 valence electrons. The highest BCUT2D eigenvalue weighted by Gasteiger charge is 2.16. The van der Waals surface area contributed by atoms with Crippen LogP contribution in [-0.4, -0.2) is 15.7 Å². The molecule has 1 N–H and O–H groups in total. The van der Waals surface area contributed by atoms with Gasteiger partial charge in [-0.15, -0.1) is 0 Å². The molecule has 0 fully saturated rings. The van der Waals surface area contributed by atoms with Crippen LogP contribution < -0.4 is 10.9 Å². The van der Waals surface area contributed by atoms with Crippen LogP contribution in [0.5, 0.6) is 0 Å². The minimum Gasteiger partial charge on any atom is -0.347 e. The van der Waals surface area contributed by atoms with E-state index in [9.17, 15) is 9.59 Å². The highest BCUT2D eigenvalue weighted by Crippen LogP contribution is 2.14. The number of fused-ring (bicyclic) bond motifs is 1. The van der Waals surface area contributed by atoms with E-state index in [1.54, 1.807) is 18.2 Å². The van der Waals surface area contributed by atoms with Gasteiger partial charge in [0.2, 0.25) is 0 Å². The number of nitrogens with zero attached hydrogens (tertiary/aromatic N) is 2. The second-order valence-corrected chi connectivity index (χ2v) is 6.44. The largest absolute Gasteiger partial charge is 0.347 e. The quantitative estimate of drug-likeness (QED) is 0.779. The van der Waals surface area contributed by atoms with Crippen molar-refractivity contribution in [1.29, 1.82) is 0 Å². The molecule has 1 amide bonds. The van der Waals surface area contributed by atoms with Crippen molar-refractivity contribution in [3.63, 3.8) is 0 Å². The summed E-state index contributed by atoms with van der Waals surface area (Å²) in [5, 5.41) is 8.33. The summed E-state index contributed by atoms with van der Waals surface area (Å²) in [4.78, 5) is 25.3. The fourth-order valence-corrected chi connectivity index (χ4v) is 2.73. The van der Waals surface area contributed by atoms with Crippen LogP contribution in [0.25, 0.3) is 10.8 Å². The zero-order valence-corrected chi connectivity index (χ0v) is 14.4. The number of benzene rings is 2. The van der Waals surface area contributed by atoms with Gasteiger partial charge in [-0.3, -0.25) is 9.59 Å². The zero-order valence-electron chi connectivity index (χ0n) is 14.4. The van der Waals surface area contributed by atoms with Gasteiger partial charge in [-0.05, 0) is 17.5 Å². The van der Waals surface area contributed by atoms with Crippen LogP contribution >= 0.6 is 0 Å². The maximum atomic E-state index is 12.7. The predicted octanol–water partition coefficient (Wildman–Crippen LogP) is 2.98. The lowest BCUT2D eigenvalue weighted by atomic mass is 10.1. The van der Waals surface area contributed by atoms with Gasteiger partial charge in [0.05, 0.1) is 5.39 Å². The van der Waals surface area contributed by atoms with Crippen molar-refractivity contribution in [2.24, 2.45) is 5.92 Å². The Morgan fingerprint density at radius 3 is 2.36 bits per heavy atom. The smallest absolute Gasteiger partial charge is 0.274 e. The van der Waals surface area contributed by atoms with Crippen molar-refractivity contribution in [1.82, 2.24) is 15.1 Å². The van der Waals surface area contributed by atoms with E-state index in [1.807, 2.05) is 50.2 Å². The Balaban J connectivity index is 1.97. The lowest BCUT2D eigenvalue weighted by Gasteiger charge is -2.12. The molecular formula is C20H21N3O2. The molecule has 0 aliphatic carbocycles. The molecule has 1 aromatic heterocycles. The highest BCUT2D eigenvalue weighted by molar-refractivity contribution is 6.04. The van der Waals surface area contributed by atoms with Crippen molar-refractivity contribution < 1.29 is 4.79 Å². The molecular weight excluding hydrogens is 314 g/mol. The lowest BCUT2D eigenvalue weighted by Crippen LogP contribution is -2.31. The molecule has 0 aliphatic rings. The monoisotopic (exact) mass is 335 g/mol. The van der Waals surface area contributed by atoms with Crippen molar-refractivity contribution in [2.45, 2.75) is 26.9 Å². The molecule has 5 nitrogen and oxygen atoms in total. The van der Waals surface area contributed by atoms with Gasteiger partial charge in [-0.25, -0.2) is 4.68 Å². The first kappa shape index (κ1) is 16.9. The summed E-state index contributed by atoms with van der Waals surface area (Å²) in [6, 6.07) is 16.8. The molecule has 0 atom stereocenters. The highest BCUT2D eigenvalue weighted by atomic mass is 16.2. The predicted molar refractivity (Wildman–Crippen MR) is 98.5 cm³/mol. The van der Waals surface area contributed by atoms with E-state index in [4.69, 9.17) is 0 Å². The summed E-state index contributed by atoms with van der Waals surface area (Å²) in [5.74, 6) is -0.0239. The van der Waals surface area contributed by atoms with Crippen molar-refractivity contribution in [3.8, 4) is 0 Å². The van der Waals surface area contributed by atoms with Gasteiger partial charge in [0, 0.05) is 18.5 Å². The van der Waals surface area contributed by atoms with Crippen LogP contribution in [-0.2, 0) is 13.1 Å². The van der Waals surface area contributed by atoms with Gasteiger partial charge in [0.25, 0.3) is 11.5 Å². The Morgan fingerprint density at radius 1 is 1.04 bits per heavy atom. The number of aromatic nitrogens is 2. The molecule has 0 saturated carbocycles. The van der Waals surface area contributed by atoms with E-state index in [-0.39, 0.29) is 23.1 Å². The number of carbonyl (C=O) groups is 1. The van der Waals surface area contributed by atoms with Crippen molar-refractivity contribution >= 4 is 16.7 Å².